The van der Waals surface area contributed by atoms with Gasteiger partial charge in [0.1, 0.15) is 0 Å². The lowest BCUT2D eigenvalue weighted by Crippen LogP contribution is -2.64. The highest BCUT2D eigenvalue weighted by molar-refractivity contribution is 5.05. The van der Waals surface area contributed by atoms with Crippen LogP contribution in [0.5, 0.6) is 0 Å². The summed E-state index contributed by atoms with van der Waals surface area (Å²) >= 11 is 0. The number of hydrogen-bond donors (Lipinski definition) is 2. The van der Waals surface area contributed by atoms with Crippen molar-refractivity contribution in [3.05, 3.63) is 0 Å². The molecule has 0 aromatic carbocycles. The second kappa shape index (κ2) is 5.28. The van der Waals surface area contributed by atoms with E-state index in [0.29, 0.717) is 0 Å². The second-order valence-electron chi connectivity index (χ2n) is 5.26. The van der Waals surface area contributed by atoms with Crippen molar-refractivity contribution in [3.63, 3.8) is 0 Å². The summed E-state index contributed by atoms with van der Waals surface area (Å²) < 4.78 is 105. The minimum Gasteiger partial charge on any atom is -0.330 e. The van der Waals surface area contributed by atoms with Gasteiger partial charge in [0.2, 0.25) is 0 Å². The molecule has 2 nitrogen and oxygen atoms in total. The first-order chi connectivity index (χ1) is 8.52. The van der Waals surface area contributed by atoms with E-state index in [1.807, 2.05) is 0 Å². The molecule has 0 aromatic heterocycles. The highest BCUT2D eigenvalue weighted by Gasteiger charge is 2.80. The van der Waals surface area contributed by atoms with E-state index in [1.54, 1.807) is 0 Å². The maximum Gasteiger partial charge on any atom is 0.378 e. The van der Waals surface area contributed by atoms with Gasteiger partial charge in [0.25, 0.3) is 0 Å². The minimum absolute atomic E-state index is 0.882. The first-order valence-electron chi connectivity index (χ1n) is 5.52. The Morgan fingerprint density at radius 3 is 1.40 bits per heavy atom. The summed E-state index contributed by atoms with van der Waals surface area (Å²) in [5, 5.41) is 0. The van der Waals surface area contributed by atoms with Crippen LogP contribution in [0, 0.1) is 0 Å². The summed E-state index contributed by atoms with van der Waals surface area (Å²) in [7, 11) is 0. The molecule has 0 fully saturated rings. The molecule has 0 aromatic rings. The van der Waals surface area contributed by atoms with Crippen molar-refractivity contribution in [1.82, 2.24) is 0 Å². The summed E-state index contributed by atoms with van der Waals surface area (Å²) in [6, 6.07) is 0. The molecule has 0 rings (SSSR count). The van der Waals surface area contributed by atoms with Crippen LogP contribution in [0.4, 0.5) is 35.1 Å². The number of alkyl halides is 8. The Balaban J connectivity index is 5.59. The van der Waals surface area contributed by atoms with Crippen LogP contribution in [-0.2, 0) is 0 Å². The van der Waals surface area contributed by atoms with E-state index in [2.05, 4.69) is 5.73 Å². The van der Waals surface area contributed by atoms with Crippen LogP contribution in [-0.4, -0.2) is 35.8 Å². The summed E-state index contributed by atoms with van der Waals surface area (Å²) in [5.41, 5.74) is 7.71. The lowest BCUT2D eigenvalue weighted by atomic mass is 9.88. The molecule has 0 radical (unpaired) electrons. The lowest BCUT2D eigenvalue weighted by molar-refractivity contribution is -0.368. The van der Waals surface area contributed by atoms with Gasteiger partial charge in [0, 0.05) is 18.4 Å². The molecule has 0 bridgehead atoms. The molecule has 0 aliphatic heterocycles. The van der Waals surface area contributed by atoms with E-state index in [4.69, 9.17) is 5.73 Å². The van der Waals surface area contributed by atoms with Crippen LogP contribution in [0.1, 0.15) is 26.7 Å². The molecule has 0 aliphatic rings. The molecule has 0 unspecified atom stereocenters. The predicted molar refractivity (Wildman–Crippen MR) is 56.3 cm³/mol. The zero-order valence-corrected chi connectivity index (χ0v) is 10.8. The largest absolute Gasteiger partial charge is 0.378 e. The summed E-state index contributed by atoms with van der Waals surface area (Å²) in [6.07, 6.45) is -3.74. The Hall–Kier alpha value is -0.640. The molecule has 0 spiro atoms. The quantitative estimate of drug-likeness (QED) is 0.710. The topological polar surface area (TPSA) is 52.0 Å². The maximum absolute atomic E-state index is 13.3. The average molecular weight is 316 g/mol. The fourth-order valence-corrected chi connectivity index (χ4v) is 1.48. The molecular formula is C10H16F8N2. The van der Waals surface area contributed by atoms with Crippen molar-refractivity contribution in [2.45, 2.75) is 55.9 Å². The standard InChI is InChI=1S/C10H16F8N2/c1-6(2,20)5-8(13,14)10(17,18)9(15,16)7(11,12)3-4-19/h3-5,19-20H2,1-2H3. The van der Waals surface area contributed by atoms with Crippen LogP contribution < -0.4 is 11.5 Å². The van der Waals surface area contributed by atoms with Gasteiger partial charge in [-0.05, 0) is 20.4 Å². The third-order valence-corrected chi connectivity index (χ3v) is 2.45. The third kappa shape index (κ3) is 3.51. The molecule has 0 amide bonds. The molecule has 0 atom stereocenters. The second-order valence-corrected chi connectivity index (χ2v) is 5.26. The van der Waals surface area contributed by atoms with Crippen molar-refractivity contribution in [2.24, 2.45) is 11.5 Å². The van der Waals surface area contributed by atoms with E-state index >= 15 is 0 Å². The van der Waals surface area contributed by atoms with E-state index in [-0.39, 0.29) is 0 Å². The van der Waals surface area contributed by atoms with Crippen molar-refractivity contribution >= 4 is 0 Å². The maximum atomic E-state index is 13.3. The Morgan fingerprint density at radius 1 is 0.750 bits per heavy atom. The van der Waals surface area contributed by atoms with Crippen LogP contribution in [0.2, 0.25) is 0 Å². The van der Waals surface area contributed by atoms with E-state index in [1.165, 1.54) is 0 Å². The van der Waals surface area contributed by atoms with Crippen molar-refractivity contribution < 1.29 is 35.1 Å². The van der Waals surface area contributed by atoms with Gasteiger partial charge in [0.05, 0.1) is 0 Å². The fourth-order valence-electron chi connectivity index (χ4n) is 1.48. The molecule has 0 saturated carbocycles. The molecule has 10 heteroatoms. The number of rotatable bonds is 7. The number of nitrogens with two attached hydrogens (primary N) is 2. The zero-order chi connectivity index (χ0) is 16.6. The van der Waals surface area contributed by atoms with Crippen molar-refractivity contribution in [1.29, 1.82) is 0 Å². The minimum atomic E-state index is -6.27. The summed E-state index contributed by atoms with van der Waals surface area (Å²) in [5.74, 6) is -23.3. The van der Waals surface area contributed by atoms with E-state index in [9.17, 15) is 35.1 Å². The number of halogens is 8. The SMILES string of the molecule is CC(C)(N)CC(F)(F)C(F)(F)C(F)(F)C(F)(F)CCN. The summed E-state index contributed by atoms with van der Waals surface area (Å²) in [6.45, 7) is 0.701. The summed E-state index contributed by atoms with van der Waals surface area (Å²) in [4.78, 5) is 0. The normalized spacial score (nSPS) is 15.6. The number of hydrogen-bond acceptors (Lipinski definition) is 2. The molecule has 122 valence electrons. The average Bonchev–Trinajstić information content (AvgIpc) is 2.12. The molecule has 0 saturated heterocycles. The lowest BCUT2D eigenvalue weighted by Gasteiger charge is -2.38. The Labute approximate surface area is 110 Å². The predicted octanol–water partition coefficient (Wildman–Crippen LogP) is 3.00. The highest BCUT2D eigenvalue weighted by atomic mass is 19.4. The van der Waals surface area contributed by atoms with E-state index < -0.39 is 48.6 Å². The van der Waals surface area contributed by atoms with Gasteiger partial charge in [-0.3, -0.25) is 0 Å². The van der Waals surface area contributed by atoms with Gasteiger partial charge in [0.15, 0.2) is 0 Å². The zero-order valence-electron chi connectivity index (χ0n) is 10.8. The van der Waals surface area contributed by atoms with Crippen LogP contribution >= 0.6 is 0 Å². The Morgan fingerprint density at radius 2 is 1.10 bits per heavy atom. The van der Waals surface area contributed by atoms with Gasteiger partial charge in [-0.1, -0.05) is 0 Å². The van der Waals surface area contributed by atoms with Gasteiger partial charge in [-0.15, -0.1) is 0 Å². The Kier molecular flexibility index (Phi) is 5.11. The van der Waals surface area contributed by atoms with E-state index in [0.717, 1.165) is 13.8 Å². The molecule has 0 heterocycles. The molecule has 0 aliphatic carbocycles. The van der Waals surface area contributed by atoms with Gasteiger partial charge >= 0.3 is 23.7 Å². The van der Waals surface area contributed by atoms with Gasteiger partial charge in [-0.2, -0.15) is 35.1 Å². The first-order valence-corrected chi connectivity index (χ1v) is 5.52. The third-order valence-electron chi connectivity index (χ3n) is 2.45. The molecule has 4 N–H and O–H groups in total. The highest BCUT2D eigenvalue weighted by Crippen LogP contribution is 2.55. The van der Waals surface area contributed by atoms with Crippen LogP contribution in [0.15, 0.2) is 0 Å². The van der Waals surface area contributed by atoms with Crippen molar-refractivity contribution in [2.75, 3.05) is 6.54 Å². The Bertz CT molecular complexity index is 335. The van der Waals surface area contributed by atoms with Gasteiger partial charge in [-0.25, -0.2) is 0 Å². The molecular weight excluding hydrogens is 300 g/mol. The first kappa shape index (κ1) is 19.4. The van der Waals surface area contributed by atoms with Crippen LogP contribution in [0.3, 0.4) is 0 Å². The fraction of sp³-hybridized carbons (Fsp3) is 1.00. The smallest absolute Gasteiger partial charge is 0.330 e. The van der Waals surface area contributed by atoms with Crippen molar-refractivity contribution in [3.8, 4) is 0 Å². The van der Waals surface area contributed by atoms with Crippen LogP contribution in [0.25, 0.3) is 0 Å². The van der Waals surface area contributed by atoms with Gasteiger partial charge < -0.3 is 11.5 Å². The monoisotopic (exact) mass is 316 g/mol. The molecule has 20 heavy (non-hydrogen) atoms.